The summed E-state index contributed by atoms with van der Waals surface area (Å²) in [6.45, 7) is 7.29. The zero-order valence-corrected chi connectivity index (χ0v) is 14.9. The molecule has 0 spiro atoms. The van der Waals surface area contributed by atoms with Gasteiger partial charge in [0.1, 0.15) is 12.1 Å². The summed E-state index contributed by atoms with van der Waals surface area (Å²) in [5.41, 5.74) is 0.730. The van der Waals surface area contributed by atoms with Gasteiger partial charge in [0.25, 0.3) is 0 Å². The fraction of sp³-hybridized carbons (Fsp3) is 0.467. The van der Waals surface area contributed by atoms with Crippen molar-refractivity contribution in [2.45, 2.75) is 30.4 Å². The van der Waals surface area contributed by atoms with Gasteiger partial charge >= 0.3 is 0 Å². The predicted molar refractivity (Wildman–Crippen MR) is 93.3 cm³/mol. The van der Waals surface area contributed by atoms with Gasteiger partial charge in [-0.15, -0.1) is 0 Å². The van der Waals surface area contributed by atoms with Crippen LogP contribution >= 0.6 is 11.8 Å². The van der Waals surface area contributed by atoms with E-state index in [4.69, 9.17) is 0 Å². The summed E-state index contributed by atoms with van der Waals surface area (Å²) in [5, 5.41) is 4.00. The van der Waals surface area contributed by atoms with Crippen LogP contribution in [0.5, 0.6) is 0 Å². The zero-order valence-electron chi connectivity index (χ0n) is 13.3. The van der Waals surface area contributed by atoms with E-state index in [-0.39, 0.29) is 9.64 Å². The van der Waals surface area contributed by atoms with Crippen LogP contribution < -0.4 is 5.32 Å². The Labute approximate surface area is 135 Å². The summed E-state index contributed by atoms with van der Waals surface area (Å²) < 4.78 is 23.6. The summed E-state index contributed by atoms with van der Waals surface area (Å²) in [6, 6.07) is 4.91. The molecule has 1 aromatic heterocycles. The van der Waals surface area contributed by atoms with Crippen LogP contribution in [0.1, 0.15) is 20.8 Å². The number of thioether (sulfide) groups is 1. The molecule has 0 aliphatic carbocycles. The Morgan fingerprint density at radius 1 is 1.23 bits per heavy atom. The number of sulfone groups is 1. The average molecular weight is 339 g/mol. The second-order valence-electron chi connectivity index (χ2n) is 6.06. The number of aromatic nitrogens is 2. The molecule has 0 saturated carbocycles. The van der Waals surface area contributed by atoms with Crippen molar-refractivity contribution in [2.75, 3.05) is 23.9 Å². The smallest absolute Gasteiger partial charge is 0.175 e. The third-order valence-electron chi connectivity index (χ3n) is 2.96. The molecule has 0 atom stereocenters. The monoisotopic (exact) mass is 339 g/mol. The lowest BCUT2D eigenvalue weighted by Crippen LogP contribution is -2.13. The third-order valence-corrected chi connectivity index (χ3v) is 5.35. The summed E-state index contributed by atoms with van der Waals surface area (Å²) in [7, 11) is -3.24. The quantitative estimate of drug-likeness (QED) is 0.844. The van der Waals surface area contributed by atoms with Crippen LogP contribution in [0, 0.1) is 0 Å². The highest BCUT2D eigenvalue weighted by Crippen LogP contribution is 2.25. The molecule has 0 aliphatic heterocycles. The normalized spacial score (nSPS) is 12.5. The van der Waals surface area contributed by atoms with E-state index in [2.05, 4.69) is 36.1 Å². The lowest BCUT2D eigenvalue weighted by atomic mass is 10.2. The largest absolute Gasteiger partial charge is 0.369 e. The van der Waals surface area contributed by atoms with Crippen LogP contribution in [-0.4, -0.2) is 41.7 Å². The van der Waals surface area contributed by atoms with Crippen molar-refractivity contribution >= 4 is 38.3 Å². The van der Waals surface area contributed by atoms with Gasteiger partial charge in [-0.25, -0.2) is 18.4 Å². The summed E-state index contributed by atoms with van der Waals surface area (Å²) in [5.74, 6) is 1.62. The number of anilines is 1. The number of fused-ring (bicyclic) bond motifs is 1. The number of nitrogens with zero attached hydrogens (tertiary/aromatic N) is 2. The highest BCUT2D eigenvalue weighted by atomic mass is 32.2. The van der Waals surface area contributed by atoms with Gasteiger partial charge < -0.3 is 5.32 Å². The molecule has 0 bridgehead atoms. The van der Waals surface area contributed by atoms with Gasteiger partial charge in [0.05, 0.1) is 10.4 Å². The summed E-state index contributed by atoms with van der Waals surface area (Å²) >= 11 is 1.86. The second-order valence-corrected chi connectivity index (χ2v) is 10.00. The zero-order chi connectivity index (χ0) is 16.4. The maximum Gasteiger partial charge on any atom is 0.175 e. The number of rotatable bonds is 5. The average Bonchev–Trinajstić information content (AvgIpc) is 2.41. The van der Waals surface area contributed by atoms with Gasteiger partial charge in [-0.3, -0.25) is 0 Å². The molecule has 22 heavy (non-hydrogen) atoms. The van der Waals surface area contributed by atoms with Crippen molar-refractivity contribution < 1.29 is 8.42 Å². The van der Waals surface area contributed by atoms with Gasteiger partial charge in [-0.2, -0.15) is 11.8 Å². The van der Waals surface area contributed by atoms with E-state index in [9.17, 15) is 8.42 Å². The summed E-state index contributed by atoms with van der Waals surface area (Å²) in [6.07, 6.45) is 2.69. The first kappa shape index (κ1) is 17.0. The van der Waals surface area contributed by atoms with E-state index in [1.54, 1.807) is 18.2 Å². The number of hydrogen-bond donors (Lipinski definition) is 1. The number of benzene rings is 1. The van der Waals surface area contributed by atoms with Crippen molar-refractivity contribution in [2.24, 2.45) is 0 Å². The standard InChI is InChI=1S/C15H21N3O2S2/c1-15(2,3)21-8-7-16-14-12-9-11(22(4,19)20)5-6-13(12)17-10-18-14/h5-6,9-10H,7-8H2,1-4H3,(H,16,17,18). The van der Waals surface area contributed by atoms with Crippen molar-refractivity contribution in [3.63, 3.8) is 0 Å². The van der Waals surface area contributed by atoms with Crippen LogP contribution in [0.4, 0.5) is 5.82 Å². The Hall–Kier alpha value is -1.34. The number of hydrogen-bond acceptors (Lipinski definition) is 6. The molecule has 0 saturated heterocycles. The maximum absolute atomic E-state index is 11.7. The van der Waals surface area contributed by atoms with Gasteiger partial charge in [0, 0.05) is 28.7 Å². The Kier molecular flexibility index (Phi) is 4.97. The van der Waals surface area contributed by atoms with Crippen molar-refractivity contribution in [1.29, 1.82) is 0 Å². The molecule has 0 amide bonds. The Morgan fingerprint density at radius 3 is 2.59 bits per heavy atom. The molecule has 0 fully saturated rings. The Balaban J connectivity index is 2.22. The fourth-order valence-electron chi connectivity index (χ4n) is 1.93. The van der Waals surface area contributed by atoms with Crippen LogP contribution in [0.2, 0.25) is 0 Å². The van der Waals surface area contributed by atoms with Crippen molar-refractivity contribution in [3.8, 4) is 0 Å². The second kappa shape index (κ2) is 6.42. The predicted octanol–water partition coefficient (Wildman–Crippen LogP) is 2.98. The molecule has 1 aromatic carbocycles. The topological polar surface area (TPSA) is 72.0 Å². The lowest BCUT2D eigenvalue weighted by Gasteiger charge is -2.17. The minimum atomic E-state index is -3.24. The van der Waals surface area contributed by atoms with E-state index >= 15 is 0 Å². The first-order chi connectivity index (χ1) is 10.2. The molecule has 2 aromatic rings. The van der Waals surface area contributed by atoms with Gasteiger partial charge in [-0.05, 0) is 18.2 Å². The minimum absolute atomic E-state index is 0.221. The number of nitrogens with one attached hydrogen (secondary N) is 1. The maximum atomic E-state index is 11.7. The molecule has 0 radical (unpaired) electrons. The molecule has 0 unspecified atom stereocenters. The summed E-state index contributed by atoms with van der Waals surface area (Å²) in [4.78, 5) is 8.70. The van der Waals surface area contributed by atoms with E-state index in [0.29, 0.717) is 5.82 Å². The molecular formula is C15H21N3O2S2. The molecule has 7 heteroatoms. The molecule has 1 N–H and O–H groups in total. The van der Waals surface area contributed by atoms with Crippen molar-refractivity contribution in [3.05, 3.63) is 24.5 Å². The molecular weight excluding hydrogens is 318 g/mol. The molecule has 120 valence electrons. The van der Waals surface area contributed by atoms with Crippen molar-refractivity contribution in [1.82, 2.24) is 9.97 Å². The molecule has 0 aliphatic rings. The van der Waals surface area contributed by atoms with Gasteiger partial charge in [0.2, 0.25) is 0 Å². The fourth-order valence-corrected chi connectivity index (χ4v) is 3.40. The Bertz CT molecular complexity index is 768. The van der Waals surface area contributed by atoms with E-state index in [1.165, 1.54) is 12.6 Å². The van der Waals surface area contributed by atoms with E-state index in [0.717, 1.165) is 23.2 Å². The van der Waals surface area contributed by atoms with Crippen LogP contribution in [0.15, 0.2) is 29.4 Å². The van der Waals surface area contributed by atoms with Gasteiger partial charge in [0.15, 0.2) is 9.84 Å². The highest BCUT2D eigenvalue weighted by molar-refractivity contribution is 8.00. The minimum Gasteiger partial charge on any atom is -0.369 e. The van der Waals surface area contributed by atoms with E-state index in [1.807, 2.05) is 11.8 Å². The third kappa shape index (κ3) is 4.58. The SMILES string of the molecule is CC(C)(C)SCCNc1ncnc2ccc(S(C)(=O)=O)cc12. The molecule has 5 nitrogen and oxygen atoms in total. The first-order valence-electron chi connectivity index (χ1n) is 6.99. The lowest BCUT2D eigenvalue weighted by molar-refractivity contribution is 0.602. The van der Waals surface area contributed by atoms with E-state index < -0.39 is 9.84 Å². The molecule has 1 heterocycles. The van der Waals surface area contributed by atoms with Crippen LogP contribution in [0.3, 0.4) is 0 Å². The first-order valence-corrected chi connectivity index (χ1v) is 9.87. The van der Waals surface area contributed by atoms with Gasteiger partial charge in [-0.1, -0.05) is 20.8 Å². The van der Waals surface area contributed by atoms with Crippen LogP contribution in [0.25, 0.3) is 10.9 Å². The molecule has 2 rings (SSSR count). The Morgan fingerprint density at radius 2 is 1.95 bits per heavy atom. The van der Waals surface area contributed by atoms with Crippen LogP contribution in [-0.2, 0) is 9.84 Å². The highest BCUT2D eigenvalue weighted by Gasteiger charge is 2.12.